The van der Waals surface area contributed by atoms with Gasteiger partial charge in [-0.3, -0.25) is 9.79 Å². The van der Waals surface area contributed by atoms with E-state index in [1.54, 1.807) is 7.05 Å². The van der Waals surface area contributed by atoms with E-state index in [0.717, 1.165) is 51.4 Å². The number of guanidine groups is 1. The van der Waals surface area contributed by atoms with Gasteiger partial charge in [-0.25, -0.2) is 0 Å². The molecule has 1 amide bonds. The second kappa shape index (κ2) is 9.99. The molecule has 1 aromatic rings. The number of aliphatic imine (C=N–C) groups is 1. The first-order valence-electron chi connectivity index (χ1n) is 9.06. The Hall–Kier alpha value is -1.31. The van der Waals surface area contributed by atoms with E-state index in [-0.39, 0.29) is 29.9 Å². The third-order valence-electron chi connectivity index (χ3n) is 5.08. The monoisotopic (exact) mass is 456 g/mol. The molecule has 1 N–H and O–H groups in total. The van der Waals surface area contributed by atoms with Crippen molar-refractivity contribution in [3.63, 3.8) is 0 Å². The molecule has 25 heavy (non-hydrogen) atoms. The van der Waals surface area contributed by atoms with Crippen molar-refractivity contribution in [3.05, 3.63) is 35.9 Å². The predicted molar refractivity (Wildman–Crippen MR) is 113 cm³/mol. The fourth-order valence-electron chi connectivity index (χ4n) is 3.69. The van der Waals surface area contributed by atoms with Crippen molar-refractivity contribution in [1.29, 1.82) is 0 Å². The van der Waals surface area contributed by atoms with Crippen molar-refractivity contribution in [3.8, 4) is 0 Å². The average molecular weight is 456 g/mol. The Balaban J connectivity index is 0.00000225. The Bertz CT molecular complexity index is 572. The summed E-state index contributed by atoms with van der Waals surface area (Å²) in [6.07, 6.45) is 4.63. The Morgan fingerprint density at radius 2 is 1.84 bits per heavy atom. The fourth-order valence-corrected chi connectivity index (χ4v) is 3.69. The maximum absolute atomic E-state index is 12.3. The average Bonchev–Trinajstić information content (AvgIpc) is 3.13. The summed E-state index contributed by atoms with van der Waals surface area (Å²) in [5.74, 6) is 1.58. The summed E-state index contributed by atoms with van der Waals surface area (Å²) in [5, 5.41) is 3.27. The number of carbonyl (C=O) groups excluding carboxylic acids is 1. The van der Waals surface area contributed by atoms with Gasteiger partial charge in [0.15, 0.2) is 5.96 Å². The molecular weight excluding hydrogens is 427 g/mol. The van der Waals surface area contributed by atoms with Gasteiger partial charge < -0.3 is 15.1 Å². The van der Waals surface area contributed by atoms with E-state index in [1.165, 1.54) is 12.0 Å². The zero-order valence-corrected chi connectivity index (χ0v) is 17.3. The summed E-state index contributed by atoms with van der Waals surface area (Å²) >= 11 is 0. The number of nitrogens with one attached hydrogen (secondary N) is 1. The van der Waals surface area contributed by atoms with E-state index in [9.17, 15) is 4.79 Å². The minimum absolute atomic E-state index is 0. The summed E-state index contributed by atoms with van der Waals surface area (Å²) in [7, 11) is 1.80. The molecule has 1 unspecified atom stereocenters. The summed E-state index contributed by atoms with van der Waals surface area (Å²) < 4.78 is 0. The Morgan fingerprint density at radius 1 is 1.12 bits per heavy atom. The van der Waals surface area contributed by atoms with Crippen LogP contribution in [0.4, 0.5) is 0 Å². The summed E-state index contributed by atoms with van der Waals surface area (Å²) in [4.78, 5) is 20.9. The maximum Gasteiger partial charge on any atom is 0.241 e. The van der Waals surface area contributed by atoms with Crippen molar-refractivity contribution in [2.45, 2.75) is 31.6 Å². The van der Waals surface area contributed by atoms with E-state index in [2.05, 4.69) is 45.5 Å². The molecule has 0 radical (unpaired) electrons. The van der Waals surface area contributed by atoms with E-state index in [1.807, 2.05) is 4.90 Å². The van der Waals surface area contributed by atoms with Crippen LogP contribution in [0.5, 0.6) is 0 Å². The van der Waals surface area contributed by atoms with E-state index >= 15 is 0 Å². The van der Waals surface area contributed by atoms with Gasteiger partial charge in [-0.15, -0.1) is 24.0 Å². The van der Waals surface area contributed by atoms with Gasteiger partial charge in [0.25, 0.3) is 0 Å². The van der Waals surface area contributed by atoms with Crippen molar-refractivity contribution < 1.29 is 4.79 Å². The number of amides is 1. The number of benzene rings is 1. The molecule has 2 saturated heterocycles. The van der Waals surface area contributed by atoms with Gasteiger partial charge in [-0.1, -0.05) is 30.3 Å². The molecule has 0 spiro atoms. The molecular formula is C19H29IN4O. The molecule has 0 aromatic heterocycles. The molecule has 0 bridgehead atoms. The zero-order valence-electron chi connectivity index (χ0n) is 15.0. The molecule has 138 valence electrons. The molecule has 2 aliphatic heterocycles. The third kappa shape index (κ3) is 5.33. The van der Waals surface area contributed by atoms with Gasteiger partial charge in [0, 0.05) is 39.1 Å². The second-order valence-electron chi connectivity index (χ2n) is 6.68. The first-order valence-corrected chi connectivity index (χ1v) is 9.06. The molecule has 0 saturated carbocycles. The number of hydrogen-bond donors (Lipinski definition) is 1. The summed E-state index contributed by atoms with van der Waals surface area (Å²) in [6.45, 7) is 4.09. The molecule has 2 heterocycles. The Labute approximate surface area is 167 Å². The van der Waals surface area contributed by atoms with Crippen LogP contribution in [-0.4, -0.2) is 61.4 Å². The lowest BCUT2D eigenvalue weighted by atomic mass is 9.99. The van der Waals surface area contributed by atoms with Gasteiger partial charge in [-0.05, 0) is 31.2 Å². The molecule has 1 aromatic carbocycles. The lowest BCUT2D eigenvalue weighted by Crippen LogP contribution is -2.46. The molecule has 2 aliphatic rings. The topological polar surface area (TPSA) is 47.9 Å². The largest absolute Gasteiger partial charge is 0.347 e. The molecule has 2 fully saturated rings. The first-order chi connectivity index (χ1) is 11.8. The number of rotatable bonds is 3. The third-order valence-corrected chi connectivity index (χ3v) is 5.08. The highest BCUT2D eigenvalue weighted by Crippen LogP contribution is 2.26. The number of carbonyl (C=O) groups is 1. The quantitative estimate of drug-likeness (QED) is 0.433. The maximum atomic E-state index is 12.3. The van der Waals surface area contributed by atoms with Gasteiger partial charge in [0.05, 0.1) is 6.54 Å². The number of nitrogens with zero attached hydrogens (tertiary/aromatic N) is 3. The van der Waals surface area contributed by atoms with Crippen LogP contribution in [0.15, 0.2) is 35.3 Å². The number of piperidine rings is 1. The molecule has 1 atom stereocenters. The van der Waals surface area contributed by atoms with Crippen molar-refractivity contribution in [1.82, 2.24) is 15.1 Å². The number of hydrogen-bond acceptors (Lipinski definition) is 2. The van der Waals surface area contributed by atoms with Crippen molar-refractivity contribution in [2.24, 2.45) is 4.99 Å². The van der Waals surface area contributed by atoms with Gasteiger partial charge in [-0.2, -0.15) is 0 Å². The van der Waals surface area contributed by atoms with Gasteiger partial charge in [0.1, 0.15) is 0 Å². The van der Waals surface area contributed by atoms with Gasteiger partial charge in [0.2, 0.25) is 5.91 Å². The number of likely N-dealkylation sites (tertiary alicyclic amines) is 2. The van der Waals surface area contributed by atoms with Crippen LogP contribution in [0.2, 0.25) is 0 Å². The van der Waals surface area contributed by atoms with Gasteiger partial charge >= 0.3 is 0 Å². The minimum Gasteiger partial charge on any atom is -0.347 e. The van der Waals surface area contributed by atoms with Crippen LogP contribution >= 0.6 is 24.0 Å². The van der Waals surface area contributed by atoms with E-state index in [0.29, 0.717) is 12.5 Å². The minimum atomic E-state index is 0. The summed E-state index contributed by atoms with van der Waals surface area (Å²) in [5.41, 5.74) is 1.39. The van der Waals surface area contributed by atoms with Crippen molar-refractivity contribution >= 4 is 35.8 Å². The highest BCUT2D eigenvalue weighted by molar-refractivity contribution is 14.0. The second-order valence-corrected chi connectivity index (χ2v) is 6.68. The Kier molecular flexibility index (Phi) is 7.99. The molecule has 5 nitrogen and oxygen atoms in total. The first kappa shape index (κ1) is 20.0. The zero-order chi connectivity index (χ0) is 16.8. The fraction of sp³-hybridized carbons (Fsp3) is 0.579. The van der Waals surface area contributed by atoms with Crippen LogP contribution < -0.4 is 5.32 Å². The normalized spacial score (nSPS) is 21.0. The smallest absolute Gasteiger partial charge is 0.241 e. The molecule has 0 aliphatic carbocycles. The van der Waals surface area contributed by atoms with Crippen LogP contribution in [0.25, 0.3) is 0 Å². The highest BCUT2D eigenvalue weighted by Gasteiger charge is 2.26. The Morgan fingerprint density at radius 3 is 2.52 bits per heavy atom. The van der Waals surface area contributed by atoms with Crippen LogP contribution in [0.1, 0.15) is 37.2 Å². The molecule has 3 rings (SSSR count). The molecule has 6 heteroatoms. The van der Waals surface area contributed by atoms with Crippen molar-refractivity contribution in [2.75, 3.05) is 39.8 Å². The summed E-state index contributed by atoms with van der Waals surface area (Å²) in [6, 6.07) is 10.7. The standard InChI is InChI=1S/C19H28N4O.HI/c1-20-19(21-14-18(24)22-11-6-3-7-12-22)23-13-10-17(15-23)16-8-4-2-5-9-16;/h2,4-5,8-9,17H,3,6-7,10-15H2,1H3,(H,20,21);1H. The van der Waals surface area contributed by atoms with E-state index in [4.69, 9.17) is 0 Å². The highest BCUT2D eigenvalue weighted by atomic mass is 127. The lowest BCUT2D eigenvalue weighted by Gasteiger charge is -2.28. The van der Waals surface area contributed by atoms with Crippen LogP contribution in [0.3, 0.4) is 0 Å². The lowest BCUT2D eigenvalue weighted by molar-refractivity contribution is -0.130. The van der Waals surface area contributed by atoms with E-state index < -0.39 is 0 Å². The predicted octanol–water partition coefficient (Wildman–Crippen LogP) is 2.68. The van der Waals surface area contributed by atoms with Crippen LogP contribution in [0, 0.1) is 0 Å². The number of halogens is 1. The SMILES string of the molecule is CN=C(NCC(=O)N1CCCCC1)N1CCC(c2ccccc2)C1.I. The van der Waals surface area contributed by atoms with Crippen LogP contribution in [-0.2, 0) is 4.79 Å².